The molecule has 0 saturated heterocycles. The molecule has 0 aliphatic rings. The normalized spacial score (nSPS) is 10.0. The Labute approximate surface area is 158 Å². The second-order valence-corrected chi connectivity index (χ2v) is 6.17. The number of pyridine rings is 1. The van der Waals surface area contributed by atoms with Crippen molar-refractivity contribution in [2.45, 2.75) is 64.8 Å². The van der Waals surface area contributed by atoms with Crippen molar-refractivity contribution in [1.82, 2.24) is 10.6 Å². The Hall–Kier alpha value is -1.62. The third kappa shape index (κ3) is 10.8. The van der Waals surface area contributed by atoms with Crippen molar-refractivity contribution in [1.29, 1.82) is 0 Å². The highest BCUT2D eigenvalue weighted by molar-refractivity contribution is 5.93. The number of rotatable bonds is 12. The molecule has 0 radical (unpaired) electrons. The van der Waals surface area contributed by atoms with Gasteiger partial charge in [-0.05, 0) is 12.5 Å². The molecule has 2 amide bonds. The number of hydrogen-bond acceptors (Lipinski definition) is 2. The lowest BCUT2D eigenvalue weighted by Gasteiger charge is -2.04. The minimum atomic E-state index is -0.149. The second kappa shape index (κ2) is 14.7. The minimum absolute atomic E-state index is 0. The molecule has 0 fully saturated rings. The summed E-state index contributed by atoms with van der Waals surface area (Å²) >= 11 is 0. The Balaban J connectivity index is 0.00000576. The van der Waals surface area contributed by atoms with Crippen LogP contribution in [0.15, 0.2) is 24.5 Å². The van der Waals surface area contributed by atoms with E-state index in [1.54, 1.807) is 36.1 Å². The molecule has 1 aromatic rings. The number of carbonyl (C=O) groups is 2. The molecule has 0 spiro atoms. The van der Waals surface area contributed by atoms with Crippen molar-refractivity contribution < 1.29 is 26.6 Å². The summed E-state index contributed by atoms with van der Waals surface area (Å²) in [5, 5.41) is 5.52. The van der Waals surface area contributed by atoms with E-state index in [1.807, 2.05) is 0 Å². The average molecular weight is 370 g/mol. The van der Waals surface area contributed by atoms with Gasteiger partial charge in [0.1, 0.15) is 5.56 Å². The van der Waals surface area contributed by atoms with E-state index in [0.717, 1.165) is 13.0 Å². The number of amides is 2. The zero-order valence-corrected chi connectivity index (χ0v) is 16.3. The molecule has 0 atom stereocenters. The number of carbonyl (C=O) groups excluding carboxylic acids is 2. The number of unbranched alkanes of at least 4 members (excludes halogenated alkanes) is 7. The maximum absolute atomic E-state index is 11.9. The molecule has 142 valence electrons. The van der Waals surface area contributed by atoms with E-state index in [4.69, 9.17) is 0 Å². The molecule has 0 unspecified atom stereocenters. The Bertz CT molecular complexity index is 509. The highest BCUT2D eigenvalue weighted by atomic mass is 35.5. The van der Waals surface area contributed by atoms with Crippen molar-refractivity contribution in [3.63, 3.8) is 0 Å². The molecule has 25 heavy (non-hydrogen) atoms. The van der Waals surface area contributed by atoms with Crippen LogP contribution in [-0.2, 0) is 11.3 Å². The van der Waals surface area contributed by atoms with Crippen molar-refractivity contribution in [3.8, 4) is 0 Å². The van der Waals surface area contributed by atoms with Crippen LogP contribution in [0.25, 0.3) is 0 Å². The van der Waals surface area contributed by atoms with Crippen LogP contribution in [0.5, 0.6) is 0 Å². The summed E-state index contributed by atoms with van der Waals surface area (Å²) in [4.78, 5) is 23.5. The van der Waals surface area contributed by atoms with Crippen LogP contribution in [0.2, 0.25) is 0 Å². The van der Waals surface area contributed by atoms with Crippen LogP contribution >= 0.6 is 0 Å². The first-order valence-corrected chi connectivity index (χ1v) is 9.15. The van der Waals surface area contributed by atoms with Crippen LogP contribution in [0, 0.1) is 0 Å². The van der Waals surface area contributed by atoms with Crippen molar-refractivity contribution in [2.75, 3.05) is 13.6 Å². The van der Waals surface area contributed by atoms with Gasteiger partial charge < -0.3 is 23.0 Å². The number of hydrogen-bond donors (Lipinski definition) is 2. The number of nitrogens with zero attached hydrogens (tertiary/aromatic N) is 1. The molecule has 1 rings (SSSR count). The molecule has 0 aromatic carbocycles. The van der Waals surface area contributed by atoms with Gasteiger partial charge in [0.15, 0.2) is 12.4 Å². The summed E-state index contributed by atoms with van der Waals surface area (Å²) in [5.41, 5.74) is 0.552. The molecule has 0 saturated carbocycles. The smallest absolute Gasteiger partial charge is 0.285 e. The van der Waals surface area contributed by atoms with Crippen LogP contribution in [-0.4, -0.2) is 25.4 Å². The molecule has 0 bridgehead atoms. The first-order chi connectivity index (χ1) is 11.7. The van der Waals surface area contributed by atoms with E-state index < -0.39 is 0 Å². The molecule has 0 aliphatic heterocycles. The van der Waals surface area contributed by atoms with E-state index in [0.29, 0.717) is 5.56 Å². The molecule has 1 heterocycles. The van der Waals surface area contributed by atoms with E-state index >= 15 is 0 Å². The first kappa shape index (κ1) is 23.4. The van der Waals surface area contributed by atoms with E-state index in [-0.39, 0.29) is 30.8 Å². The van der Waals surface area contributed by atoms with Gasteiger partial charge in [-0.15, -0.1) is 0 Å². The summed E-state index contributed by atoms with van der Waals surface area (Å²) in [6.45, 7) is 3.20. The molecule has 1 aromatic heterocycles. The third-order valence-electron chi connectivity index (χ3n) is 4.03. The maximum Gasteiger partial charge on any atom is 0.285 e. The van der Waals surface area contributed by atoms with Gasteiger partial charge in [-0.1, -0.05) is 51.9 Å². The summed E-state index contributed by atoms with van der Waals surface area (Å²) in [6.07, 6.45) is 13.5. The van der Waals surface area contributed by atoms with Crippen LogP contribution in [0.3, 0.4) is 0 Å². The fourth-order valence-corrected chi connectivity index (χ4v) is 2.61. The molecular weight excluding hydrogens is 338 g/mol. The van der Waals surface area contributed by atoms with Gasteiger partial charge >= 0.3 is 0 Å². The molecule has 6 heteroatoms. The van der Waals surface area contributed by atoms with E-state index in [1.165, 1.54) is 44.9 Å². The SMILES string of the molecule is CCCCCCCCCCNC(=O)C[n+]1cccc(C(=O)NC)c1.[Cl-]. The summed E-state index contributed by atoms with van der Waals surface area (Å²) in [5.74, 6) is -0.166. The maximum atomic E-state index is 11.9. The van der Waals surface area contributed by atoms with Gasteiger partial charge in [0.25, 0.3) is 11.8 Å². The van der Waals surface area contributed by atoms with E-state index in [2.05, 4.69) is 17.6 Å². The van der Waals surface area contributed by atoms with Crippen LogP contribution < -0.4 is 27.6 Å². The van der Waals surface area contributed by atoms with Crippen molar-refractivity contribution in [3.05, 3.63) is 30.1 Å². The number of halogens is 1. The minimum Gasteiger partial charge on any atom is -1.00 e. The fourth-order valence-electron chi connectivity index (χ4n) is 2.61. The lowest BCUT2D eigenvalue weighted by molar-refractivity contribution is -0.684. The largest absolute Gasteiger partial charge is 1.00 e. The quantitative estimate of drug-likeness (QED) is 0.389. The topological polar surface area (TPSA) is 62.1 Å². The number of aromatic nitrogens is 1. The van der Waals surface area contributed by atoms with Gasteiger partial charge in [-0.25, -0.2) is 0 Å². The molecule has 2 N–H and O–H groups in total. The Morgan fingerprint density at radius 3 is 2.32 bits per heavy atom. The zero-order valence-electron chi connectivity index (χ0n) is 15.5. The van der Waals surface area contributed by atoms with Gasteiger partial charge in [0, 0.05) is 19.7 Å². The first-order valence-electron chi connectivity index (χ1n) is 9.15. The predicted octanol–water partition coefficient (Wildman–Crippen LogP) is -0.405. The van der Waals surface area contributed by atoms with Gasteiger partial charge in [-0.2, -0.15) is 4.57 Å². The predicted molar refractivity (Wildman–Crippen MR) is 95.6 cm³/mol. The fraction of sp³-hybridized carbons (Fsp3) is 0.632. The Kier molecular flexibility index (Phi) is 13.7. The van der Waals surface area contributed by atoms with Crippen molar-refractivity contribution >= 4 is 11.8 Å². The molecule has 0 aliphatic carbocycles. The molecular formula is C19H32ClN3O2. The van der Waals surface area contributed by atoms with Gasteiger partial charge in [0.05, 0.1) is 0 Å². The summed E-state index contributed by atoms with van der Waals surface area (Å²) in [7, 11) is 1.59. The standard InChI is InChI=1S/C19H31N3O2.ClH/c1-3-4-5-6-7-8-9-10-13-21-18(23)16-22-14-11-12-17(15-22)19(24)20-2;/h11-12,14-15H,3-10,13,16H2,1-2H3,(H-,20,21,23,24);1H. The summed E-state index contributed by atoms with van der Waals surface area (Å²) < 4.78 is 1.73. The highest BCUT2D eigenvalue weighted by Crippen LogP contribution is 2.07. The molecule has 5 nitrogen and oxygen atoms in total. The highest BCUT2D eigenvalue weighted by Gasteiger charge is 2.12. The monoisotopic (exact) mass is 369 g/mol. The Morgan fingerprint density at radius 2 is 1.68 bits per heavy atom. The van der Waals surface area contributed by atoms with Crippen LogP contribution in [0.4, 0.5) is 0 Å². The summed E-state index contributed by atoms with van der Waals surface area (Å²) in [6, 6.07) is 3.50. The Morgan fingerprint density at radius 1 is 1.04 bits per heavy atom. The zero-order chi connectivity index (χ0) is 17.6. The average Bonchev–Trinajstić information content (AvgIpc) is 2.59. The van der Waals surface area contributed by atoms with Crippen molar-refractivity contribution in [2.24, 2.45) is 0 Å². The van der Waals surface area contributed by atoms with Gasteiger partial charge in [-0.3, -0.25) is 9.59 Å². The third-order valence-corrected chi connectivity index (χ3v) is 4.03. The number of nitrogens with one attached hydrogen (secondary N) is 2. The van der Waals surface area contributed by atoms with Gasteiger partial charge in [0.2, 0.25) is 6.54 Å². The second-order valence-electron chi connectivity index (χ2n) is 6.17. The lowest BCUT2D eigenvalue weighted by atomic mass is 10.1. The van der Waals surface area contributed by atoms with E-state index in [9.17, 15) is 9.59 Å². The lowest BCUT2D eigenvalue weighted by Crippen LogP contribution is -3.00. The van der Waals surface area contributed by atoms with Crippen LogP contribution in [0.1, 0.15) is 68.6 Å².